The normalized spacial score (nSPS) is 10.2. The van der Waals surface area contributed by atoms with Gasteiger partial charge in [-0.2, -0.15) is 5.26 Å². The number of benzene rings is 1. The summed E-state index contributed by atoms with van der Waals surface area (Å²) in [5.74, 6) is -0.140. The molecule has 28 heavy (non-hydrogen) atoms. The van der Waals surface area contributed by atoms with E-state index in [1.807, 2.05) is 6.07 Å². The number of unbranched alkanes of at least 4 members (excludes halogenated alkanes) is 2. The van der Waals surface area contributed by atoms with E-state index < -0.39 is 5.97 Å². The summed E-state index contributed by atoms with van der Waals surface area (Å²) in [5, 5.41) is 12.5. The molecule has 0 unspecified atom stereocenters. The van der Waals surface area contributed by atoms with Crippen molar-refractivity contribution in [3.05, 3.63) is 45.8 Å². The molecule has 0 fully saturated rings. The number of nitrogens with one attached hydrogen (secondary N) is 1. The van der Waals surface area contributed by atoms with E-state index in [-0.39, 0.29) is 18.1 Å². The number of anilines is 1. The molecule has 2 rings (SSSR count). The Morgan fingerprint density at radius 1 is 1.18 bits per heavy atom. The number of nitrogens with zero attached hydrogens (tertiary/aromatic N) is 1. The average molecular weight is 401 g/mol. The van der Waals surface area contributed by atoms with Crippen molar-refractivity contribution in [2.24, 2.45) is 0 Å². The molecule has 1 aromatic carbocycles. The van der Waals surface area contributed by atoms with Crippen molar-refractivity contribution in [3.63, 3.8) is 0 Å². The highest BCUT2D eigenvalue weighted by atomic mass is 32.1. The quantitative estimate of drug-likeness (QED) is 0.476. The summed E-state index contributed by atoms with van der Waals surface area (Å²) in [7, 11) is 0. The van der Waals surface area contributed by atoms with Gasteiger partial charge in [0, 0.05) is 5.56 Å². The Labute approximate surface area is 169 Å². The van der Waals surface area contributed by atoms with Gasteiger partial charge in [0.2, 0.25) is 0 Å². The van der Waals surface area contributed by atoms with E-state index in [9.17, 15) is 14.9 Å². The summed E-state index contributed by atoms with van der Waals surface area (Å²) in [5.41, 5.74) is 1.22. The highest BCUT2D eigenvalue weighted by molar-refractivity contribution is 7.18. The molecule has 0 aliphatic heterocycles. The lowest BCUT2D eigenvalue weighted by Crippen LogP contribution is -2.11. The van der Waals surface area contributed by atoms with Gasteiger partial charge in [0.05, 0.1) is 18.8 Å². The largest absolute Gasteiger partial charge is 0.494 e. The highest BCUT2D eigenvalue weighted by Gasteiger charge is 2.22. The molecule has 0 atom stereocenters. The molecule has 148 valence electrons. The molecule has 0 saturated carbocycles. The molecule has 1 N–H and O–H groups in total. The van der Waals surface area contributed by atoms with E-state index in [1.165, 1.54) is 0 Å². The number of esters is 1. The predicted molar refractivity (Wildman–Crippen MR) is 109 cm³/mol. The second-order valence-corrected chi connectivity index (χ2v) is 7.15. The van der Waals surface area contributed by atoms with E-state index in [1.54, 1.807) is 38.1 Å². The van der Waals surface area contributed by atoms with Crippen molar-refractivity contribution in [1.82, 2.24) is 0 Å². The van der Waals surface area contributed by atoms with Gasteiger partial charge in [0.15, 0.2) is 0 Å². The minimum absolute atomic E-state index is 0.243. The molecule has 0 bridgehead atoms. The Kier molecular flexibility index (Phi) is 8.02. The van der Waals surface area contributed by atoms with Crippen molar-refractivity contribution in [2.75, 3.05) is 18.5 Å². The highest BCUT2D eigenvalue weighted by Crippen LogP contribution is 2.33. The third-order valence-corrected chi connectivity index (χ3v) is 5.27. The molecule has 6 nitrogen and oxygen atoms in total. The Balaban J connectivity index is 2.09. The van der Waals surface area contributed by atoms with Crippen LogP contribution in [0.4, 0.5) is 5.00 Å². The van der Waals surface area contributed by atoms with Crippen molar-refractivity contribution >= 4 is 28.2 Å². The molecular formula is C21H24N2O4S. The lowest BCUT2D eigenvalue weighted by molar-refractivity contribution is 0.0531. The van der Waals surface area contributed by atoms with Gasteiger partial charge in [0.1, 0.15) is 21.7 Å². The van der Waals surface area contributed by atoms with E-state index in [2.05, 4.69) is 12.2 Å². The second kappa shape index (κ2) is 10.5. The van der Waals surface area contributed by atoms with Crippen LogP contribution in [0, 0.1) is 18.3 Å². The van der Waals surface area contributed by atoms with Crippen LogP contribution in [-0.4, -0.2) is 25.1 Å². The van der Waals surface area contributed by atoms with Crippen LogP contribution in [0.5, 0.6) is 5.75 Å². The number of carbonyl (C=O) groups excluding carboxylic acids is 2. The zero-order valence-electron chi connectivity index (χ0n) is 16.3. The Hall–Kier alpha value is -2.85. The minimum atomic E-state index is -0.494. The Morgan fingerprint density at radius 2 is 1.89 bits per heavy atom. The molecule has 1 heterocycles. The van der Waals surface area contributed by atoms with E-state index in [0.717, 1.165) is 30.6 Å². The predicted octanol–water partition coefficient (Wildman–Crippen LogP) is 4.93. The maximum absolute atomic E-state index is 12.5. The smallest absolute Gasteiger partial charge is 0.348 e. The molecule has 0 saturated heterocycles. The van der Waals surface area contributed by atoms with Gasteiger partial charge in [-0.3, -0.25) is 4.79 Å². The third kappa shape index (κ3) is 5.33. The van der Waals surface area contributed by atoms with Gasteiger partial charge in [0.25, 0.3) is 5.91 Å². The summed E-state index contributed by atoms with van der Waals surface area (Å²) in [6, 6.07) is 8.88. The molecule has 7 heteroatoms. The van der Waals surface area contributed by atoms with Gasteiger partial charge >= 0.3 is 5.97 Å². The minimum Gasteiger partial charge on any atom is -0.494 e. The number of thiophene rings is 1. The van der Waals surface area contributed by atoms with Crippen molar-refractivity contribution in [1.29, 1.82) is 5.26 Å². The molecule has 0 radical (unpaired) electrons. The van der Waals surface area contributed by atoms with Crippen molar-refractivity contribution in [3.8, 4) is 11.8 Å². The van der Waals surface area contributed by atoms with Gasteiger partial charge in [-0.15, -0.1) is 11.3 Å². The first-order valence-corrected chi connectivity index (χ1v) is 10.1. The molecular weight excluding hydrogens is 376 g/mol. The molecule has 0 spiro atoms. The summed E-state index contributed by atoms with van der Waals surface area (Å²) in [6.45, 7) is 6.41. The topological polar surface area (TPSA) is 88.4 Å². The summed E-state index contributed by atoms with van der Waals surface area (Å²) in [4.78, 5) is 24.9. The van der Waals surface area contributed by atoms with Crippen molar-refractivity contribution < 1.29 is 19.1 Å². The first-order valence-electron chi connectivity index (χ1n) is 9.26. The summed E-state index contributed by atoms with van der Waals surface area (Å²) < 4.78 is 10.6. The fourth-order valence-corrected chi connectivity index (χ4v) is 3.59. The zero-order valence-corrected chi connectivity index (χ0v) is 17.1. The number of hydrogen-bond donors (Lipinski definition) is 1. The number of nitriles is 1. The molecule has 1 amide bonds. The van der Waals surface area contributed by atoms with Crippen LogP contribution in [0.2, 0.25) is 0 Å². The fraction of sp³-hybridized carbons (Fsp3) is 0.381. The van der Waals surface area contributed by atoms with Crippen LogP contribution in [0.1, 0.15) is 64.3 Å². The van der Waals surface area contributed by atoms with Gasteiger partial charge < -0.3 is 14.8 Å². The van der Waals surface area contributed by atoms with Crippen LogP contribution in [0.25, 0.3) is 0 Å². The number of rotatable bonds is 9. The molecule has 1 aromatic heterocycles. The number of amides is 1. The van der Waals surface area contributed by atoms with E-state index >= 15 is 0 Å². The number of carbonyl (C=O) groups is 2. The van der Waals surface area contributed by atoms with Crippen LogP contribution in [-0.2, 0) is 4.74 Å². The van der Waals surface area contributed by atoms with E-state index in [0.29, 0.717) is 33.4 Å². The maximum atomic E-state index is 12.5. The van der Waals surface area contributed by atoms with Gasteiger partial charge in [-0.25, -0.2) is 4.79 Å². The number of ether oxygens (including phenoxy) is 2. The zero-order chi connectivity index (χ0) is 20.5. The monoisotopic (exact) mass is 400 g/mol. The number of hydrogen-bond acceptors (Lipinski definition) is 6. The van der Waals surface area contributed by atoms with Crippen molar-refractivity contribution in [2.45, 2.75) is 40.0 Å². The van der Waals surface area contributed by atoms with Gasteiger partial charge in [-0.05, 0) is 50.1 Å². The molecule has 0 aliphatic rings. The lowest BCUT2D eigenvalue weighted by atomic mass is 10.1. The molecule has 2 aromatic rings. The lowest BCUT2D eigenvalue weighted by Gasteiger charge is -2.07. The standard InChI is InChI=1S/C21H24N2O4S/c1-4-6-7-12-27-16-10-8-15(9-11-16)19(24)23-20-17(13-22)14(3)18(28-20)21(25)26-5-2/h8-11H,4-7,12H2,1-3H3,(H,23,24). The van der Waals surface area contributed by atoms with Crippen LogP contribution in [0.15, 0.2) is 24.3 Å². The fourth-order valence-electron chi connectivity index (χ4n) is 2.55. The van der Waals surface area contributed by atoms with E-state index in [4.69, 9.17) is 9.47 Å². The Bertz CT molecular complexity index is 866. The summed E-state index contributed by atoms with van der Waals surface area (Å²) >= 11 is 1.05. The van der Waals surface area contributed by atoms with Crippen LogP contribution in [0.3, 0.4) is 0 Å². The van der Waals surface area contributed by atoms with Gasteiger partial charge in [-0.1, -0.05) is 19.8 Å². The maximum Gasteiger partial charge on any atom is 0.348 e. The van der Waals surface area contributed by atoms with Crippen LogP contribution < -0.4 is 10.1 Å². The first-order chi connectivity index (χ1) is 13.5. The SMILES string of the molecule is CCCCCOc1ccc(C(=O)Nc2sc(C(=O)OCC)c(C)c2C#N)cc1. The summed E-state index contributed by atoms with van der Waals surface area (Å²) in [6.07, 6.45) is 3.25. The second-order valence-electron chi connectivity index (χ2n) is 6.13. The van der Waals surface area contributed by atoms with Crippen LogP contribution >= 0.6 is 11.3 Å². The molecule has 0 aliphatic carbocycles. The third-order valence-electron chi connectivity index (χ3n) is 4.08. The Morgan fingerprint density at radius 3 is 2.50 bits per heavy atom. The first kappa shape index (κ1) is 21.5. The average Bonchev–Trinajstić information content (AvgIpc) is 3.01.